The highest BCUT2D eigenvalue weighted by atomic mass is 79.9. The van der Waals surface area contributed by atoms with Crippen molar-refractivity contribution in [2.45, 2.75) is 19.5 Å². The third kappa shape index (κ3) is 2.43. The topological polar surface area (TPSA) is 43.8 Å². The Balaban J connectivity index is 2.51. The van der Waals surface area contributed by atoms with E-state index in [4.69, 9.17) is 28.9 Å². The lowest BCUT2D eigenvalue weighted by Gasteiger charge is -2.16. The highest BCUT2D eigenvalue weighted by Gasteiger charge is 2.20. The number of halogens is 3. The Hall–Kier alpha value is -0.550. The number of hydrogen-bond acceptors (Lipinski definition) is 2. The first-order valence-electron chi connectivity index (χ1n) is 5.47. The molecule has 1 aromatic carbocycles. The van der Waals surface area contributed by atoms with Crippen molar-refractivity contribution >= 4 is 39.1 Å². The second-order valence-corrected chi connectivity index (χ2v) is 5.45. The maximum atomic E-state index is 6.26. The summed E-state index contributed by atoms with van der Waals surface area (Å²) in [7, 11) is 0. The first-order chi connectivity index (χ1) is 8.56. The summed E-state index contributed by atoms with van der Waals surface area (Å²) < 4.78 is 2.60. The van der Waals surface area contributed by atoms with E-state index in [1.54, 1.807) is 10.9 Å². The van der Waals surface area contributed by atoms with Gasteiger partial charge in [0.15, 0.2) is 0 Å². The van der Waals surface area contributed by atoms with Crippen LogP contribution in [-0.4, -0.2) is 9.78 Å². The number of aromatic nitrogens is 2. The maximum Gasteiger partial charge on any atom is 0.0837 e. The zero-order valence-electron chi connectivity index (χ0n) is 9.70. The molecular formula is C12H12BrCl2N3. The monoisotopic (exact) mass is 347 g/mol. The molecule has 96 valence electrons. The van der Waals surface area contributed by atoms with E-state index < -0.39 is 6.04 Å². The van der Waals surface area contributed by atoms with Crippen LogP contribution in [0.5, 0.6) is 0 Å². The molecule has 0 amide bonds. The molecular weight excluding hydrogens is 337 g/mol. The highest BCUT2D eigenvalue weighted by Crippen LogP contribution is 2.34. The van der Waals surface area contributed by atoms with E-state index in [0.29, 0.717) is 16.6 Å². The van der Waals surface area contributed by atoms with Gasteiger partial charge in [-0.25, -0.2) is 0 Å². The standard InChI is InChI=1S/C12H12BrCl2N3/c1-2-18-12(9(14)6-17-18)11(16)7-4-3-5-8(13)10(7)15/h3-6,11H,2,16H2,1H3. The maximum absolute atomic E-state index is 6.26. The normalized spacial score (nSPS) is 12.7. The van der Waals surface area contributed by atoms with Crippen molar-refractivity contribution in [2.75, 3.05) is 0 Å². The van der Waals surface area contributed by atoms with Crippen LogP contribution in [0.2, 0.25) is 10.0 Å². The summed E-state index contributed by atoms with van der Waals surface area (Å²) in [6.07, 6.45) is 1.60. The van der Waals surface area contributed by atoms with E-state index in [2.05, 4.69) is 21.0 Å². The van der Waals surface area contributed by atoms with Crippen LogP contribution in [0.25, 0.3) is 0 Å². The van der Waals surface area contributed by atoms with Crippen molar-refractivity contribution in [3.05, 3.63) is 50.2 Å². The van der Waals surface area contributed by atoms with Crippen molar-refractivity contribution in [1.29, 1.82) is 0 Å². The minimum absolute atomic E-state index is 0.398. The van der Waals surface area contributed by atoms with Gasteiger partial charge in [-0.15, -0.1) is 0 Å². The molecule has 2 rings (SSSR count). The van der Waals surface area contributed by atoms with Gasteiger partial charge in [-0.3, -0.25) is 4.68 Å². The molecule has 0 bridgehead atoms. The number of hydrogen-bond donors (Lipinski definition) is 1. The second-order valence-electron chi connectivity index (χ2n) is 3.81. The van der Waals surface area contributed by atoms with E-state index in [0.717, 1.165) is 15.7 Å². The number of aryl methyl sites for hydroxylation is 1. The van der Waals surface area contributed by atoms with E-state index in [9.17, 15) is 0 Å². The number of nitrogens with zero attached hydrogens (tertiary/aromatic N) is 2. The minimum Gasteiger partial charge on any atom is -0.319 e. The molecule has 1 aromatic heterocycles. The number of rotatable bonds is 3. The first kappa shape index (κ1) is 13.9. The molecule has 0 spiro atoms. The Labute approximate surface area is 124 Å². The average molecular weight is 349 g/mol. The second kappa shape index (κ2) is 5.61. The van der Waals surface area contributed by atoms with Gasteiger partial charge in [0.1, 0.15) is 0 Å². The van der Waals surface area contributed by atoms with E-state index in [-0.39, 0.29) is 0 Å². The smallest absolute Gasteiger partial charge is 0.0837 e. The molecule has 0 aliphatic heterocycles. The predicted octanol–water partition coefficient (Wildman–Crippen LogP) is 4.02. The first-order valence-corrected chi connectivity index (χ1v) is 7.01. The lowest BCUT2D eigenvalue weighted by atomic mass is 10.0. The summed E-state index contributed by atoms with van der Waals surface area (Å²) in [5.41, 5.74) is 7.86. The zero-order chi connectivity index (χ0) is 13.3. The fraction of sp³-hybridized carbons (Fsp3) is 0.250. The summed E-state index contributed by atoms with van der Waals surface area (Å²) in [5.74, 6) is 0. The highest BCUT2D eigenvalue weighted by molar-refractivity contribution is 9.10. The Kier molecular flexibility index (Phi) is 4.33. The molecule has 2 N–H and O–H groups in total. The van der Waals surface area contributed by atoms with E-state index in [1.165, 1.54) is 0 Å². The molecule has 0 aliphatic carbocycles. The quantitative estimate of drug-likeness (QED) is 0.910. The van der Waals surface area contributed by atoms with Crippen LogP contribution in [-0.2, 0) is 6.54 Å². The van der Waals surface area contributed by atoms with Gasteiger partial charge in [-0.2, -0.15) is 5.10 Å². The van der Waals surface area contributed by atoms with E-state index >= 15 is 0 Å². The molecule has 0 fully saturated rings. The van der Waals surface area contributed by atoms with Gasteiger partial charge in [-0.1, -0.05) is 35.3 Å². The lowest BCUT2D eigenvalue weighted by Crippen LogP contribution is -2.18. The fourth-order valence-electron chi connectivity index (χ4n) is 1.84. The third-order valence-corrected chi connectivity index (χ3v) is 4.35. The van der Waals surface area contributed by atoms with E-state index in [1.807, 2.05) is 25.1 Å². The Morgan fingerprint density at radius 3 is 2.83 bits per heavy atom. The van der Waals surface area contributed by atoms with Gasteiger partial charge in [-0.05, 0) is 34.5 Å². The molecule has 1 heterocycles. The van der Waals surface area contributed by atoms with Gasteiger partial charge in [0.2, 0.25) is 0 Å². The zero-order valence-corrected chi connectivity index (χ0v) is 12.8. The minimum atomic E-state index is -0.398. The Morgan fingerprint density at radius 1 is 1.44 bits per heavy atom. The Bertz CT molecular complexity index is 568. The van der Waals surface area contributed by atoms with Crippen LogP contribution in [0.15, 0.2) is 28.9 Å². The fourth-order valence-corrected chi connectivity index (χ4v) is 2.72. The van der Waals surface area contributed by atoms with Gasteiger partial charge in [0.25, 0.3) is 0 Å². The van der Waals surface area contributed by atoms with Crippen molar-refractivity contribution < 1.29 is 0 Å². The van der Waals surface area contributed by atoms with Crippen molar-refractivity contribution in [1.82, 2.24) is 9.78 Å². The summed E-state index contributed by atoms with van der Waals surface area (Å²) in [6, 6.07) is 5.26. The summed E-state index contributed by atoms with van der Waals surface area (Å²) in [4.78, 5) is 0. The lowest BCUT2D eigenvalue weighted by molar-refractivity contribution is 0.601. The van der Waals surface area contributed by atoms with Crippen LogP contribution in [0.3, 0.4) is 0 Å². The molecule has 3 nitrogen and oxygen atoms in total. The van der Waals surface area contributed by atoms with Crippen LogP contribution in [0.4, 0.5) is 0 Å². The van der Waals surface area contributed by atoms with Crippen LogP contribution in [0.1, 0.15) is 24.2 Å². The third-order valence-electron chi connectivity index (χ3n) is 2.74. The van der Waals surface area contributed by atoms with Crippen molar-refractivity contribution in [3.63, 3.8) is 0 Å². The van der Waals surface area contributed by atoms with Crippen LogP contribution >= 0.6 is 39.1 Å². The van der Waals surface area contributed by atoms with Gasteiger partial charge < -0.3 is 5.73 Å². The van der Waals surface area contributed by atoms with Gasteiger partial charge in [0.05, 0.1) is 28.0 Å². The SMILES string of the molecule is CCn1ncc(Cl)c1C(N)c1cccc(Br)c1Cl. The largest absolute Gasteiger partial charge is 0.319 e. The molecule has 1 atom stereocenters. The summed E-state index contributed by atoms with van der Waals surface area (Å²) >= 11 is 15.8. The van der Waals surface area contributed by atoms with Gasteiger partial charge in [0, 0.05) is 11.0 Å². The Morgan fingerprint density at radius 2 is 2.17 bits per heavy atom. The molecule has 18 heavy (non-hydrogen) atoms. The van der Waals surface area contributed by atoms with Crippen molar-refractivity contribution in [2.24, 2.45) is 5.73 Å². The molecule has 0 saturated heterocycles. The van der Waals surface area contributed by atoms with Crippen LogP contribution < -0.4 is 5.73 Å². The number of benzene rings is 1. The average Bonchev–Trinajstić information content (AvgIpc) is 2.73. The molecule has 0 saturated carbocycles. The molecule has 1 unspecified atom stereocenters. The van der Waals surface area contributed by atoms with Crippen molar-refractivity contribution in [3.8, 4) is 0 Å². The molecule has 0 aliphatic rings. The summed E-state index contributed by atoms with van der Waals surface area (Å²) in [5, 5.41) is 5.34. The summed E-state index contributed by atoms with van der Waals surface area (Å²) in [6.45, 7) is 2.70. The molecule has 0 radical (unpaired) electrons. The molecule has 6 heteroatoms. The predicted molar refractivity (Wildman–Crippen MR) is 78.1 cm³/mol. The number of nitrogens with two attached hydrogens (primary N) is 1. The van der Waals surface area contributed by atoms with Crippen LogP contribution in [0, 0.1) is 0 Å². The van der Waals surface area contributed by atoms with Gasteiger partial charge >= 0.3 is 0 Å². The molecule has 2 aromatic rings.